The average Bonchev–Trinajstić information content (AvgIpc) is 3.71. The average molecular weight is 662 g/mol. The largest absolute Gasteiger partial charge is 0.368 e. The molecular formula is C46H35N3S. The van der Waals surface area contributed by atoms with Crippen LogP contribution in [0.15, 0.2) is 162 Å². The number of aliphatic imine (C=N–C) groups is 1. The van der Waals surface area contributed by atoms with Gasteiger partial charge >= 0.3 is 0 Å². The fourth-order valence-corrected chi connectivity index (χ4v) is 9.28. The van der Waals surface area contributed by atoms with Crippen LogP contribution < -0.4 is 10.6 Å². The van der Waals surface area contributed by atoms with E-state index in [2.05, 4.69) is 176 Å². The molecule has 7 aromatic rings. The van der Waals surface area contributed by atoms with Gasteiger partial charge in [0.25, 0.3) is 0 Å². The van der Waals surface area contributed by atoms with Crippen LogP contribution in [-0.2, 0) is 5.41 Å². The number of nitrogens with zero attached hydrogens (tertiary/aromatic N) is 1. The summed E-state index contributed by atoms with van der Waals surface area (Å²) >= 11 is 1.92. The second-order valence-electron chi connectivity index (χ2n) is 14.1. The highest BCUT2D eigenvalue weighted by molar-refractivity contribution is 8.00. The van der Waals surface area contributed by atoms with Crippen LogP contribution >= 0.6 is 11.8 Å². The molecule has 0 fully saturated rings. The molecule has 240 valence electrons. The minimum absolute atomic E-state index is 0.0189. The molecule has 2 heterocycles. The monoisotopic (exact) mass is 661 g/mol. The molecule has 0 spiro atoms. The van der Waals surface area contributed by atoms with Crippen LogP contribution in [0.25, 0.3) is 38.4 Å². The van der Waals surface area contributed by atoms with Crippen molar-refractivity contribution in [3.8, 4) is 11.1 Å². The zero-order valence-electron chi connectivity index (χ0n) is 27.9. The van der Waals surface area contributed by atoms with E-state index in [1.165, 1.54) is 65.5 Å². The smallest absolute Gasteiger partial charge is 0.133 e. The summed E-state index contributed by atoms with van der Waals surface area (Å²) in [5, 5.41) is 12.8. The summed E-state index contributed by atoms with van der Waals surface area (Å²) in [6, 6.07) is 52.8. The Morgan fingerprint density at radius 3 is 2.22 bits per heavy atom. The number of hydrogen-bond acceptors (Lipinski definition) is 4. The second kappa shape index (κ2) is 11.2. The molecule has 0 saturated carbocycles. The van der Waals surface area contributed by atoms with Gasteiger partial charge in [-0.15, -0.1) is 0 Å². The van der Waals surface area contributed by atoms with Gasteiger partial charge in [-0.3, -0.25) is 4.99 Å². The predicted molar refractivity (Wildman–Crippen MR) is 211 cm³/mol. The zero-order chi connectivity index (χ0) is 33.4. The van der Waals surface area contributed by atoms with Crippen LogP contribution in [0.2, 0.25) is 0 Å². The molecule has 2 unspecified atom stereocenters. The SMILES string of the molecule is CC1(C)c2ccccc2-c2ccc(C3Nc4c(ccc5ccc6cc(C7=NC(c8ccccc8)C=C(c8ccccc8)N7)ccc6c45)S3)cc21. The molecule has 50 heavy (non-hydrogen) atoms. The van der Waals surface area contributed by atoms with E-state index in [1.54, 1.807) is 0 Å². The Bertz CT molecular complexity index is 2550. The fourth-order valence-electron chi connectivity index (χ4n) is 8.14. The molecule has 0 amide bonds. The first-order valence-corrected chi connectivity index (χ1v) is 18.2. The zero-order valence-corrected chi connectivity index (χ0v) is 28.8. The lowest BCUT2D eigenvalue weighted by atomic mass is 9.82. The highest BCUT2D eigenvalue weighted by Gasteiger charge is 2.36. The van der Waals surface area contributed by atoms with Gasteiger partial charge in [-0.2, -0.15) is 0 Å². The molecule has 2 aliphatic heterocycles. The molecular weight excluding hydrogens is 627 g/mol. The number of rotatable bonds is 4. The molecule has 7 aromatic carbocycles. The Balaban J connectivity index is 1.02. The van der Waals surface area contributed by atoms with E-state index >= 15 is 0 Å². The highest BCUT2D eigenvalue weighted by Crippen LogP contribution is 2.53. The van der Waals surface area contributed by atoms with Crippen molar-refractivity contribution in [3.05, 3.63) is 185 Å². The van der Waals surface area contributed by atoms with Crippen molar-refractivity contribution in [2.24, 2.45) is 4.99 Å². The van der Waals surface area contributed by atoms with Gasteiger partial charge in [-0.05, 0) is 73.3 Å². The lowest BCUT2D eigenvalue weighted by molar-refractivity contribution is 0.659. The van der Waals surface area contributed by atoms with Crippen LogP contribution in [-0.4, -0.2) is 5.84 Å². The van der Waals surface area contributed by atoms with Gasteiger partial charge in [-0.25, -0.2) is 0 Å². The van der Waals surface area contributed by atoms with Crippen molar-refractivity contribution in [2.45, 2.75) is 35.6 Å². The number of thioether (sulfide) groups is 1. The summed E-state index contributed by atoms with van der Waals surface area (Å²) in [6.45, 7) is 4.71. The van der Waals surface area contributed by atoms with Gasteiger partial charge in [0.2, 0.25) is 0 Å². The Kier molecular flexibility index (Phi) is 6.59. The number of fused-ring (bicyclic) bond motifs is 8. The molecule has 4 heteroatoms. The molecule has 0 saturated heterocycles. The summed E-state index contributed by atoms with van der Waals surface area (Å²) in [4.78, 5) is 6.53. The van der Waals surface area contributed by atoms with Crippen LogP contribution in [0.4, 0.5) is 5.69 Å². The van der Waals surface area contributed by atoms with Gasteiger partial charge in [0.15, 0.2) is 0 Å². The maximum absolute atomic E-state index is 5.23. The fraction of sp³-hybridized carbons (Fsp3) is 0.109. The number of benzene rings is 7. The van der Waals surface area contributed by atoms with E-state index in [9.17, 15) is 0 Å². The Morgan fingerprint density at radius 1 is 0.620 bits per heavy atom. The summed E-state index contributed by atoms with van der Waals surface area (Å²) in [5.74, 6) is 0.885. The first-order valence-electron chi connectivity index (χ1n) is 17.4. The molecule has 2 N–H and O–H groups in total. The van der Waals surface area contributed by atoms with Crippen LogP contribution in [0.1, 0.15) is 58.6 Å². The van der Waals surface area contributed by atoms with Crippen LogP contribution in [0.3, 0.4) is 0 Å². The second-order valence-corrected chi connectivity index (χ2v) is 15.2. The van der Waals surface area contributed by atoms with E-state index in [1.807, 2.05) is 11.8 Å². The summed E-state index contributed by atoms with van der Waals surface area (Å²) < 4.78 is 0. The third-order valence-corrected chi connectivity index (χ3v) is 12.0. The predicted octanol–water partition coefficient (Wildman–Crippen LogP) is 11.6. The quantitative estimate of drug-likeness (QED) is 0.184. The standard InChI is InChI=1S/C46H35N3S/c1-46(2)37-16-10-9-15-35(37)36-23-20-33(26-38(36)46)45-49-43-41(50-45)24-21-30-17-18-31-25-32(19-22-34(31)42(30)43)44-47-39(28-11-5-3-6-12-28)27-40(48-44)29-13-7-4-8-14-29/h3-27,39,45,49H,1-2H3,(H,47,48). The first kappa shape index (κ1) is 29.3. The number of amidine groups is 1. The first-order chi connectivity index (χ1) is 24.5. The van der Waals surface area contributed by atoms with Gasteiger partial charge in [0.1, 0.15) is 11.2 Å². The molecule has 3 nitrogen and oxygen atoms in total. The number of hydrogen-bond donors (Lipinski definition) is 2. The van der Waals surface area contributed by atoms with Crippen LogP contribution in [0, 0.1) is 0 Å². The third-order valence-electron chi connectivity index (χ3n) is 10.7. The van der Waals surface area contributed by atoms with Gasteiger partial charge < -0.3 is 10.6 Å². The van der Waals surface area contributed by atoms with Gasteiger partial charge in [0.05, 0.1) is 11.7 Å². The van der Waals surface area contributed by atoms with E-state index in [0.717, 1.165) is 22.7 Å². The van der Waals surface area contributed by atoms with E-state index < -0.39 is 0 Å². The highest BCUT2D eigenvalue weighted by atomic mass is 32.2. The maximum atomic E-state index is 5.23. The maximum Gasteiger partial charge on any atom is 0.133 e. The molecule has 10 rings (SSSR count). The lowest BCUT2D eigenvalue weighted by Gasteiger charge is -2.23. The van der Waals surface area contributed by atoms with Crippen molar-refractivity contribution in [1.82, 2.24) is 5.32 Å². The van der Waals surface area contributed by atoms with E-state index in [-0.39, 0.29) is 16.8 Å². The topological polar surface area (TPSA) is 36.4 Å². The molecule has 1 aliphatic carbocycles. The van der Waals surface area contributed by atoms with Gasteiger partial charge in [-0.1, -0.05) is 159 Å². The summed E-state index contributed by atoms with van der Waals surface area (Å²) in [6.07, 6.45) is 2.23. The summed E-state index contributed by atoms with van der Waals surface area (Å²) in [7, 11) is 0. The molecule has 0 aromatic heterocycles. The van der Waals surface area contributed by atoms with Crippen LogP contribution in [0.5, 0.6) is 0 Å². The normalized spacial score (nSPS) is 18.4. The Hall–Kier alpha value is -5.58. The molecule has 2 atom stereocenters. The van der Waals surface area contributed by atoms with Crippen molar-refractivity contribution < 1.29 is 0 Å². The van der Waals surface area contributed by atoms with Crippen molar-refractivity contribution in [1.29, 1.82) is 0 Å². The number of anilines is 1. The Labute approximate surface area is 296 Å². The lowest BCUT2D eigenvalue weighted by Crippen LogP contribution is -2.27. The van der Waals surface area contributed by atoms with Crippen molar-refractivity contribution >= 4 is 50.5 Å². The molecule has 3 aliphatic rings. The molecule has 0 bridgehead atoms. The minimum atomic E-state index is -0.0738. The van der Waals surface area contributed by atoms with Gasteiger partial charge in [0, 0.05) is 27.0 Å². The van der Waals surface area contributed by atoms with E-state index in [4.69, 9.17) is 4.99 Å². The van der Waals surface area contributed by atoms with Crippen molar-refractivity contribution in [3.63, 3.8) is 0 Å². The molecule has 0 radical (unpaired) electrons. The Morgan fingerprint density at radius 2 is 1.36 bits per heavy atom. The summed E-state index contributed by atoms with van der Waals surface area (Å²) in [5.41, 5.74) is 12.6. The minimum Gasteiger partial charge on any atom is -0.368 e. The van der Waals surface area contributed by atoms with E-state index in [0.29, 0.717) is 0 Å². The number of nitrogens with one attached hydrogen (secondary N) is 2. The van der Waals surface area contributed by atoms with Crippen molar-refractivity contribution in [2.75, 3.05) is 5.32 Å². The third kappa shape index (κ3) is 4.63.